The van der Waals surface area contributed by atoms with Gasteiger partial charge in [0.2, 0.25) is 0 Å². The third-order valence-electron chi connectivity index (χ3n) is 3.27. The zero-order valence-electron chi connectivity index (χ0n) is 11.4. The van der Waals surface area contributed by atoms with E-state index in [9.17, 15) is 8.78 Å². The minimum absolute atomic E-state index is 0.265. The number of benzene rings is 2. The molecule has 0 spiro atoms. The van der Waals surface area contributed by atoms with E-state index < -0.39 is 0 Å². The zero-order chi connectivity index (χ0) is 14.5. The average Bonchev–Trinajstić information content (AvgIpc) is 2.45. The fraction of sp³-hybridized carbons (Fsp3) is 0.250. The summed E-state index contributed by atoms with van der Waals surface area (Å²) in [7, 11) is 0. The molecule has 1 atom stereocenters. The van der Waals surface area contributed by atoms with Crippen molar-refractivity contribution in [2.75, 3.05) is 18.0 Å². The van der Waals surface area contributed by atoms with Gasteiger partial charge in [-0.25, -0.2) is 8.78 Å². The SMILES string of the molecule is CCN(CC(N)c1cccc(F)c1)c1ccc(F)cc1. The van der Waals surface area contributed by atoms with Crippen LogP contribution in [0.4, 0.5) is 14.5 Å². The van der Waals surface area contributed by atoms with E-state index >= 15 is 0 Å². The summed E-state index contributed by atoms with van der Waals surface area (Å²) in [5.74, 6) is -0.554. The topological polar surface area (TPSA) is 29.3 Å². The first-order valence-electron chi connectivity index (χ1n) is 6.61. The van der Waals surface area contributed by atoms with Crippen molar-refractivity contribution < 1.29 is 8.78 Å². The van der Waals surface area contributed by atoms with Gasteiger partial charge in [-0.15, -0.1) is 0 Å². The molecule has 0 heterocycles. The van der Waals surface area contributed by atoms with Crippen molar-refractivity contribution in [3.8, 4) is 0 Å². The molecule has 0 saturated carbocycles. The third kappa shape index (κ3) is 3.54. The summed E-state index contributed by atoms with van der Waals surface area (Å²) >= 11 is 0. The summed E-state index contributed by atoms with van der Waals surface area (Å²) in [6, 6.07) is 12.3. The first-order chi connectivity index (χ1) is 9.60. The van der Waals surface area contributed by atoms with E-state index in [-0.39, 0.29) is 17.7 Å². The molecule has 20 heavy (non-hydrogen) atoms. The lowest BCUT2D eigenvalue weighted by molar-refractivity contribution is 0.615. The minimum atomic E-state index is -0.296. The fourth-order valence-corrected chi connectivity index (χ4v) is 2.15. The number of anilines is 1. The van der Waals surface area contributed by atoms with Gasteiger partial charge in [0.1, 0.15) is 11.6 Å². The molecule has 0 aliphatic rings. The van der Waals surface area contributed by atoms with Crippen LogP contribution in [-0.4, -0.2) is 13.1 Å². The van der Waals surface area contributed by atoms with Gasteiger partial charge in [-0.05, 0) is 48.9 Å². The van der Waals surface area contributed by atoms with Crippen LogP contribution >= 0.6 is 0 Å². The third-order valence-corrected chi connectivity index (χ3v) is 3.27. The highest BCUT2D eigenvalue weighted by Crippen LogP contribution is 2.19. The second-order valence-corrected chi connectivity index (χ2v) is 4.68. The number of hydrogen-bond acceptors (Lipinski definition) is 2. The number of likely N-dealkylation sites (N-methyl/N-ethyl adjacent to an activating group) is 1. The lowest BCUT2D eigenvalue weighted by Crippen LogP contribution is -2.32. The molecule has 2 N–H and O–H groups in total. The molecule has 2 nitrogen and oxygen atoms in total. The average molecular weight is 276 g/mol. The predicted molar refractivity (Wildman–Crippen MR) is 77.6 cm³/mol. The monoisotopic (exact) mass is 276 g/mol. The maximum absolute atomic E-state index is 13.2. The molecule has 0 amide bonds. The molecule has 0 saturated heterocycles. The first-order valence-corrected chi connectivity index (χ1v) is 6.61. The van der Waals surface area contributed by atoms with Crippen molar-refractivity contribution >= 4 is 5.69 Å². The minimum Gasteiger partial charge on any atom is -0.370 e. The van der Waals surface area contributed by atoms with Gasteiger partial charge in [0.25, 0.3) is 0 Å². The molecule has 4 heteroatoms. The van der Waals surface area contributed by atoms with Crippen LogP contribution < -0.4 is 10.6 Å². The number of halogens is 2. The van der Waals surface area contributed by atoms with Gasteiger partial charge >= 0.3 is 0 Å². The van der Waals surface area contributed by atoms with Gasteiger partial charge in [-0.2, -0.15) is 0 Å². The second kappa shape index (κ2) is 6.48. The van der Waals surface area contributed by atoms with E-state index in [4.69, 9.17) is 5.73 Å². The molecule has 0 aliphatic heterocycles. The Hall–Kier alpha value is -1.94. The molecule has 106 valence electrons. The molecule has 2 rings (SSSR count). The largest absolute Gasteiger partial charge is 0.370 e. The quantitative estimate of drug-likeness (QED) is 0.905. The Morgan fingerprint density at radius 2 is 1.75 bits per heavy atom. The van der Waals surface area contributed by atoms with Gasteiger partial charge in [-0.1, -0.05) is 12.1 Å². The molecule has 2 aromatic carbocycles. The molecule has 0 radical (unpaired) electrons. The van der Waals surface area contributed by atoms with Crippen molar-refractivity contribution in [2.45, 2.75) is 13.0 Å². The van der Waals surface area contributed by atoms with Crippen LogP contribution in [0.5, 0.6) is 0 Å². The number of rotatable bonds is 5. The molecule has 0 bridgehead atoms. The van der Waals surface area contributed by atoms with E-state index in [2.05, 4.69) is 0 Å². The Kier molecular flexibility index (Phi) is 4.69. The summed E-state index contributed by atoms with van der Waals surface area (Å²) in [5.41, 5.74) is 7.78. The standard InChI is InChI=1S/C16H18F2N2/c1-2-20(15-8-6-13(17)7-9-15)11-16(19)12-4-3-5-14(18)10-12/h3-10,16H,2,11,19H2,1H3. The zero-order valence-corrected chi connectivity index (χ0v) is 11.4. The van der Waals surface area contributed by atoms with Crippen LogP contribution in [0.3, 0.4) is 0 Å². The van der Waals surface area contributed by atoms with Crippen molar-refractivity contribution in [1.29, 1.82) is 0 Å². The number of nitrogens with zero attached hydrogens (tertiary/aromatic N) is 1. The van der Waals surface area contributed by atoms with Crippen LogP contribution in [0.15, 0.2) is 48.5 Å². The fourth-order valence-electron chi connectivity index (χ4n) is 2.15. The normalized spacial score (nSPS) is 12.2. The maximum Gasteiger partial charge on any atom is 0.123 e. The van der Waals surface area contributed by atoms with Crippen LogP contribution in [0, 0.1) is 11.6 Å². The molecule has 0 aliphatic carbocycles. The molecule has 2 aromatic rings. The van der Waals surface area contributed by atoms with Crippen LogP contribution in [0.2, 0.25) is 0 Å². The summed E-state index contributed by atoms with van der Waals surface area (Å²) in [4.78, 5) is 2.04. The summed E-state index contributed by atoms with van der Waals surface area (Å²) in [6.45, 7) is 3.29. The van der Waals surface area contributed by atoms with E-state index in [1.807, 2.05) is 17.9 Å². The first kappa shape index (κ1) is 14.5. The Morgan fingerprint density at radius 1 is 1.05 bits per heavy atom. The predicted octanol–water partition coefficient (Wildman–Crippen LogP) is 3.49. The lowest BCUT2D eigenvalue weighted by Gasteiger charge is -2.26. The van der Waals surface area contributed by atoms with E-state index in [1.54, 1.807) is 18.2 Å². The van der Waals surface area contributed by atoms with Crippen molar-refractivity contribution in [1.82, 2.24) is 0 Å². The highest BCUT2D eigenvalue weighted by Gasteiger charge is 2.12. The highest BCUT2D eigenvalue weighted by atomic mass is 19.1. The molecular formula is C16H18F2N2. The lowest BCUT2D eigenvalue weighted by atomic mass is 10.1. The summed E-state index contributed by atoms with van der Waals surface area (Å²) < 4.78 is 26.1. The molecular weight excluding hydrogens is 258 g/mol. The van der Waals surface area contributed by atoms with Gasteiger partial charge in [-0.3, -0.25) is 0 Å². The molecule has 1 unspecified atom stereocenters. The van der Waals surface area contributed by atoms with E-state index in [0.29, 0.717) is 6.54 Å². The maximum atomic E-state index is 13.2. The second-order valence-electron chi connectivity index (χ2n) is 4.68. The molecule has 0 fully saturated rings. The van der Waals surface area contributed by atoms with Crippen molar-refractivity contribution in [3.63, 3.8) is 0 Å². The van der Waals surface area contributed by atoms with Crippen molar-refractivity contribution in [3.05, 3.63) is 65.7 Å². The smallest absolute Gasteiger partial charge is 0.123 e. The Balaban J connectivity index is 2.11. The Bertz CT molecular complexity index is 555. The van der Waals surface area contributed by atoms with Crippen LogP contribution in [0.1, 0.15) is 18.5 Å². The van der Waals surface area contributed by atoms with E-state index in [1.165, 1.54) is 24.3 Å². The van der Waals surface area contributed by atoms with Gasteiger partial charge in [0.15, 0.2) is 0 Å². The van der Waals surface area contributed by atoms with Crippen LogP contribution in [-0.2, 0) is 0 Å². The summed E-state index contributed by atoms with van der Waals surface area (Å²) in [5, 5.41) is 0. The highest BCUT2D eigenvalue weighted by molar-refractivity contribution is 5.46. The Labute approximate surface area is 117 Å². The Morgan fingerprint density at radius 3 is 2.35 bits per heavy atom. The van der Waals surface area contributed by atoms with Gasteiger partial charge in [0.05, 0.1) is 0 Å². The van der Waals surface area contributed by atoms with Gasteiger partial charge in [0, 0.05) is 24.8 Å². The van der Waals surface area contributed by atoms with E-state index in [0.717, 1.165) is 17.8 Å². The van der Waals surface area contributed by atoms with Crippen molar-refractivity contribution in [2.24, 2.45) is 5.73 Å². The number of hydrogen-bond donors (Lipinski definition) is 1. The van der Waals surface area contributed by atoms with Gasteiger partial charge < -0.3 is 10.6 Å². The van der Waals surface area contributed by atoms with Crippen LogP contribution in [0.25, 0.3) is 0 Å². The molecule has 0 aromatic heterocycles. The summed E-state index contributed by atoms with van der Waals surface area (Å²) in [6.07, 6.45) is 0. The number of nitrogens with two attached hydrogens (primary N) is 1.